The second kappa shape index (κ2) is 8.53. The van der Waals surface area contributed by atoms with Crippen LogP contribution >= 0.6 is 46.6 Å². The fraction of sp³-hybridized carbons (Fsp3) is 0.222. The number of hydrazone groups is 1. The van der Waals surface area contributed by atoms with E-state index in [1.165, 1.54) is 5.01 Å². The third kappa shape index (κ3) is 4.12. The average Bonchev–Trinajstić information content (AvgIpc) is 2.61. The molecule has 2 aromatic carbocycles. The third-order valence-electron chi connectivity index (χ3n) is 4.00. The molecule has 8 heteroatoms. The largest absolute Gasteiger partial charge is 0.342 e. The Bertz CT molecular complexity index is 819. The Kier molecular flexibility index (Phi) is 6.35. The molecular weight excluding hydrogens is 413 g/mol. The van der Waals surface area contributed by atoms with E-state index in [4.69, 9.17) is 34.8 Å². The molecule has 1 aliphatic rings. The summed E-state index contributed by atoms with van der Waals surface area (Å²) in [7, 11) is 0. The van der Waals surface area contributed by atoms with Crippen LogP contribution in [0.2, 0.25) is 15.1 Å². The summed E-state index contributed by atoms with van der Waals surface area (Å²) in [5.74, 6) is 0.818. The van der Waals surface area contributed by atoms with Crippen molar-refractivity contribution in [2.75, 3.05) is 23.6 Å². The maximum atomic E-state index is 12.0. The molecule has 0 saturated carbocycles. The smallest absolute Gasteiger partial charge is 0.331 e. The van der Waals surface area contributed by atoms with E-state index in [-0.39, 0.29) is 11.9 Å². The minimum Gasteiger partial charge on any atom is -0.331 e. The molecule has 0 bridgehead atoms. The zero-order valence-electron chi connectivity index (χ0n) is 13.9. The van der Waals surface area contributed by atoms with E-state index in [2.05, 4.69) is 10.4 Å². The minimum absolute atomic E-state index is 0.00926. The van der Waals surface area contributed by atoms with Crippen LogP contribution < -0.4 is 10.3 Å². The summed E-state index contributed by atoms with van der Waals surface area (Å²) in [5.41, 5.74) is 2.43. The predicted molar refractivity (Wildman–Crippen MR) is 113 cm³/mol. The van der Waals surface area contributed by atoms with Gasteiger partial charge in [-0.25, -0.2) is 4.79 Å². The second-order valence-electron chi connectivity index (χ2n) is 5.68. The minimum atomic E-state index is -0.314. The Morgan fingerprint density at radius 2 is 1.85 bits per heavy atom. The number of hydrogen-bond donors (Lipinski definition) is 1. The standard InChI is InChI=1S/C18H16Cl3N3OS/c1-26-10-14(11-2-4-12(19)5-3-11)17-15(20)8-13(9-16(17)21)24-18(25)22-6-7-23-24/h2-5,7-9,14H,6,10H2,1H3,(H,22,25). The average molecular weight is 429 g/mol. The molecule has 4 nitrogen and oxygen atoms in total. The van der Waals surface area contributed by atoms with Gasteiger partial charge < -0.3 is 5.32 Å². The van der Waals surface area contributed by atoms with Gasteiger partial charge in [-0.05, 0) is 41.6 Å². The lowest BCUT2D eigenvalue weighted by molar-refractivity contribution is 0.247. The van der Waals surface area contributed by atoms with Gasteiger partial charge in [0, 0.05) is 33.0 Å². The molecule has 1 heterocycles. The van der Waals surface area contributed by atoms with E-state index in [0.29, 0.717) is 27.3 Å². The normalized spacial score (nSPS) is 15.1. The fourth-order valence-corrected chi connectivity index (χ4v) is 4.36. The molecule has 0 saturated heterocycles. The van der Waals surface area contributed by atoms with Crippen LogP contribution in [-0.4, -0.2) is 30.8 Å². The Morgan fingerprint density at radius 3 is 2.42 bits per heavy atom. The number of benzene rings is 2. The molecule has 1 unspecified atom stereocenters. The Labute approximate surface area is 171 Å². The van der Waals surface area contributed by atoms with Gasteiger partial charge in [0.1, 0.15) is 0 Å². The van der Waals surface area contributed by atoms with E-state index in [1.54, 1.807) is 30.1 Å². The highest BCUT2D eigenvalue weighted by Crippen LogP contribution is 2.40. The van der Waals surface area contributed by atoms with Gasteiger partial charge in [-0.2, -0.15) is 21.9 Å². The lowest BCUT2D eigenvalue weighted by atomic mass is 9.92. The summed E-state index contributed by atoms with van der Waals surface area (Å²) in [4.78, 5) is 12.0. The van der Waals surface area contributed by atoms with Gasteiger partial charge in [0.25, 0.3) is 0 Å². The van der Waals surface area contributed by atoms with Crippen LogP contribution in [0.15, 0.2) is 41.5 Å². The summed E-state index contributed by atoms with van der Waals surface area (Å²) in [6.07, 6.45) is 3.65. The van der Waals surface area contributed by atoms with Crippen LogP contribution in [0.5, 0.6) is 0 Å². The van der Waals surface area contributed by atoms with Gasteiger partial charge >= 0.3 is 6.03 Å². The van der Waals surface area contributed by atoms with Gasteiger partial charge in [0.05, 0.1) is 12.2 Å². The molecule has 1 aliphatic heterocycles. The van der Waals surface area contributed by atoms with Gasteiger partial charge in [-0.15, -0.1) is 0 Å². The molecule has 3 rings (SSSR count). The SMILES string of the molecule is CSCC(c1ccc(Cl)cc1)c1c(Cl)cc(N2N=CCNC2=O)cc1Cl. The predicted octanol–water partition coefficient (Wildman–Crippen LogP) is 5.66. The van der Waals surface area contributed by atoms with Crippen molar-refractivity contribution in [3.05, 3.63) is 62.6 Å². The van der Waals surface area contributed by atoms with E-state index in [1.807, 2.05) is 30.5 Å². The summed E-state index contributed by atoms with van der Waals surface area (Å²) in [5, 5.41) is 9.71. The molecule has 1 atom stereocenters. The highest BCUT2D eigenvalue weighted by Gasteiger charge is 2.24. The maximum absolute atomic E-state index is 12.0. The van der Waals surface area contributed by atoms with Crippen LogP contribution in [0, 0.1) is 0 Å². The molecular formula is C18H16Cl3N3OS. The molecule has 136 valence electrons. The van der Waals surface area contributed by atoms with Gasteiger partial charge in [-0.3, -0.25) is 0 Å². The van der Waals surface area contributed by atoms with Crippen LogP contribution in [0.3, 0.4) is 0 Å². The van der Waals surface area contributed by atoms with Crippen molar-refractivity contribution < 1.29 is 4.79 Å². The van der Waals surface area contributed by atoms with E-state index >= 15 is 0 Å². The van der Waals surface area contributed by atoms with Crippen LogP contribution in [0.25, 0.3) is 0 Å². The molecule has 0 radical (unpaired) electrons. The quantitative estimate of drug-likeness (QED) is 0.668. The number of carbonyl (C=O) groups excluding carboxylic acids is 1. The van der Waals surface area contributed by atoms with Crippen LogP contribution in [-0.2, 0) is 0 Å². The first-order valence-electron chi connectivity index (χ1n) is 7.85. The first kappa shape index (κ1) is 19.4. The maximum Gasteiger partial charge on any atom is 0.342 e. The molecule has 2 amide bonds. The summed E-state index contributed by atoms with van der Waals surface area (Å²) in [6.45, 7) is 0.404. The highest BCUT2D eigenvalue weighted by atomic mass is 35.5. The van der Waals surface area contributed by atoms with Crippen molar-refractivity contribution in [1.82, 2.24) is 5.32 Å². The molecule has 26 heavy (non-hydrogen) atoms. The van der Waals surface area contributed by atoms with Crippen LogP contribution in [0.1, 0.15) is 17.0 Å². The zero-order valence-corrected chi connectivity index (χ0v) is 17.0. The van der Waals surface area contributed by atoms with Crippen molar-refractivity contribution in [3.63, 3.8) is 0 Å². The number of nitrogens with one attached hydrogen (secondary N) is 1. The van der Waals surface area contributed by atoms with Gasteiger partial charge in [0.15, 0.2) is 0 Å². The number of hydrogen-bond acceptors (Lipinski definition) is 3. The van der Waals surface area contributed by atoms with Crippen molar-refractivity contribution in [1.29, 1.82) is 0 Å². The number of carbonyl (C=O) groups is 1. The molecule has 2 aromatic rings. The number of rotatable bonds is 5. The van der Waals surface area contributed by atoms with Gasteiger partial charge in [-0.1, -0.05) is 46.9 Å². The van der Waals surface area contributed by atoms with E-state index in [9.17, 15) is 4.79 Å². The number of amides is 2. The van der Waals surface area contributed by atoms with Crippen molar-refractivity contribution >= 4 is 64.5 Å². The number of anilines is 1. The third-order valence-corrected chi connectivity index (χ3v) is 5.54. The molecule has 0 aliphatic carbocycles. The number of nitrogens with zero attached hydrogens (tertiary/aromatic N) is 2. The topological polar surface area (TPSA) is 44.7 Å². The Hall–Kier alpha value is -1.40. The number of thioether (sulfide) groups is 1. The van der Waals surface area contributed by atoms with Crippen molar-refractivity contribution in [3.8, 4) is 0 Å². The van der Waals surface area contributed by atoms with Crippen molar-refractivity contribution in [2.24, 2.45) is 5.10 Å². The first-order valence-corrected chi connectivity index (χ1v) is 10.4. The van der Waals surface area contributed by atoms with Gasteiger partial charge in [0.2, 0.25) is 0 Å². The second-order valence-corrected chi connectivity index (χ2v) is 7.84. The van der Waals surface area contributed by atoms with Crippen LogP contribution in [0.4, 0.5) is 10.5 Å². The summed E-state index contributed by atoms with van der Waals surface area (Å²) >= 11 is 20.9. The zero-order chi connectivity index (χ0) is 18.7. The monoisotopic (exact) mass is 427 g/mol. The number of halogens is 3. The summed E-state index contributed by atoms with van der Waals surface area (Å²) < 4.78 is 0. The lowest BCUT2D eigenvalue weighted by Crippen LogP contribution is -2.41. The fourth-order valence-electron chi connectivity index (χ4n) is 2.80. The van der Waals surface area contributed by atoms with E-state index < -0.39 is 0 Å². The molecule has 1 N–H and O–H groups in total. The lowest BCUT2D eigenvalue weighted by Gasteiger charge is -2.24. The highest BCUT2D eigenvalue weighted by molar-refractivity contribution is 7.98. The molecule has 0 aromatic heterocycles. The molecule has 0 fully saturated rings. The van der Waals surface area contributed by atoms with E-state index in [0.717, 1.165) is 16.9 Å². The Morgan fingerprint density at radius 1 is 1.19 bits per heavy atom. The summed E-state index contributed by atoms with van der Waals surface area (Å²) in [6, 6.07) is 10.8. The molecule has 0 spiro atoms. The van der Waals surface area contributed by atoms with Crippen molar-refractivity contribution in [2.45, 2.75) is 5.92 Å². The number of urea groups is 1. The Balaban J connectivity index is 2.03. The first-order chi connectivity index (χ1) is 12.5.